The summed E-state index contributed by atoms with van der Waals surface area (Å²) in [6.07, 6.45) is 1.34. The first kappa shape index (κ1) is 19.9. The highest BCUT2D eigenvalue weighted by molar-refractivity contribution is 5.97. The quantitative estimate of drug-likeness (QED) is 0.736. The van der Waals surface area contributed by atoms with Gasteiger partial charge >= 0.3 is 0 Å². The zero-order valence-corrected chi connectivity index (χ0v) is 16.0. The van der Waals surface area contributed by atoms with Crippen molar-refractivity contribution in [2.75, 3.05) is 13.2 Å². The molecule has 2 atom stereocenters. The number of nitrogens with one attached hydrogen (secondary N) is 2. The van der Waals surface area contributed by atoms with Crippen molar-refractivity contribution in [3.63, 3.8) is 0 Å². The SMILES string of the molecule is CC(Oc1ccccc1C(=O)NCc1ccccc1)C(=O)NCC1CCCO1. The Balaban J connectivity index is 1.56. The second kappa shape index (κ2) is 9.90. The monoisotopic (exact) mass is 382 g/mol. The lowest BCUT2D eigenvalue weighted by atomic mass is 10.1. The van der Waals surface area contributed by atoms with Crippen molar-refractivity contribution in [3.05, 3.63) is 65.7 Å². The van der Waals surface area contributed by atoms with Crippen molar-refractivity contribution in [1.29, 1.82) is 0 Å². The van der Waals surface area contributed by atoms with Gasteiger partial charge in [0.2, 0.25) is 0 Å². The minimum Gasteiger partial charge on any atom is -0.480 e. The lowest BCUT2D eigenvalue weighted by Gasteiger charge is -2.18. The largest absolute Gasteiger partial charge is 0.480 e. The molecule has 0 spiro atoms. The van der Waals surface area contributed by atoms with Gasteiger partial charge in [-0.1, -0.05) is 42.5 Å². The molecule has 0 bridgehead atoms. The Labute approximate surface area is 165 Å². The van der Waals surface area contributed by atoms with Crippen LogP contribution >= 0.6 is 0 Å². The zero-order chi connectivity index (χ0) is 19.8. The molecule has 0 aliphatic carbocycles. The Hall–Kier alpha value is -2.86. The fraction of sp³-hybridized carbons (Fsp3) is 0.364. The number of benzene rings is 2. The molecule has 0 saturated carbocycles. The molecule has 2 aromatic carbocycles. The molecule has 1 saturated heterocycles. The van der Waals surface area contributed by atoms with Gasteiger partial charge in [-0.25, -0.2) is 0 Å². The highest BCUT2D eigenvalue weighted by Crippen LogP contribution is 2.20. The summed E-state index contributed by atoms with van der Waals surface area (Å²) in [5.74, 6) is -0.0887. The van der Waals surface area contributed by atoms with E-state index in [4.69, 9.17) is 9.47 Å². The highest BCUT2D eigenvalue weighted by Gasteiger charge is 2.21. The van der Waals surface area contributed by atoms with E-state index in [0.717, 1.165) is 25.0 Å². The van der Waals surface area contributed by atoms with Gasteiger partial charge in [0.05, 0.1) is 11.7 Å². The second-order valence-corrected chi connectivity index (χ2v) is 6.80. The first-order valence-electron chi connectivity index (χ1n) is 9.60. The number of para-hydroxylation sites is 1. The van der Waals surface area contributed by atoms with Crippen LogP contribution in [0.25, 0.3) is 0 Å². The summed E-state index contributed by atoms with van der Waals surface area (Å²) >= 11 is 0. The van der Waals surface area contributed by atoms with Crippen LogP contribution in [0.3, 0.4) is 0 Å². The van der Waals surface area contributed by atoms with E-state index >= 15 is 0 Å². The van der Waals surface area contributed by atoms with Gasteiger partial charge in [0, 0.05) is 19.7 Å². The molecule has 3 rings (SSSR count). The molecule has 6 nitrogen and oxygen atoms in total. The first-order chi connectivity index (χ1) is 13.6. The van der Waals surface area contributed by atoms with E-state index in [0.29, 0.717) is 24.4 Å². The van der Waals surface area contributed by atoms with Crippen LogP contribution in [0, 0.1) is 0 Å². The van der Waals surface area contributed by atoms with Crippen LogP contribution in [0.2, 0.25) is 0 Å². The van der Waals surface area contributed by atoms with Crippen molar-refractivity contribution >= 4 is 11.8 Å². The number of rotatable bonds is 8. The smallest absolute Gasteiger partial charge is 0.260 e. The number of hydrogen-bond acceptors (Lipinski definition) is 4. The van der Waals surface area contributed by atoms with Crippen molar-refractivity contribution in [2.24, 2.45) is 0 Å². The van der Waals surface area contributed by atoms with Crippen molar-refractivity contribution in [3.8, 4) is 5.75 Å². The first-order valence-corrected chi connectivity index (χ1v) is 9.60. The third-order valence-electron chi connectivity index (χ3n) is 4.63. The summed E-state index contributed by atoms with van der Waals surface area (Å²) < 4.78 is 11.3. The number of amides is 2. The van der Waals surface area contributed by atoms with Crippen molar-refractivity contribution in [1.82, 2.24) is 10.6 Å². The average Bonchev–Trinajstić information content (AvgIpc) is 3.25. The van der Waals surface area contributed by atoms with Crippen molar-refractivity contribution < 1.29 is 19.1 Å². The summed E-state index contributed by atoms with van der Waals surface area (Å²) in [6, 6.07) is 16.6. The van der Waals surface area contributed by atoms with Crippen LogP contribution in [-0.2, 0) is 16.1 Å². The fourth-order valence-electron chi connectivity index (χ4n) is 3.04. The van der Waals surface area contributed by atoms with Gasteiger partial charge in [-0.3, -0.25) is 9.59 Å². The Morgan fingerprint density at radius 3 is 2.61 bits per heavy atom. The van der Waals surface area contributed by atoms with E-state index < -0.39 is 6.10 Å². The maximum atomic E-state index is 12.6. The van der Waals surface area contributed by atoms with Crippen LogP contribution < -0.4 is 15.4 Å². The third-order valence-corrected chi connectivity index (χ3v) is 4.63. The predicted molar refractivity (Wildman–Crippen MR) is 106 cm³/mol. The minimum atomic E-state index is -0.718. The van der Waals surface area contributed by atoms with Gasteiger partial charge in [0.1, 0.15) is 5.75 Å². The molecule has 6 heteroatoms. The van der Waals surface area contributed by atoms with Crippen LogP contribution in [-0.4, -0.2) is 37.2 Å². The van der Waals surface area contributed by atoms with Crippen LogP contribution in [0.4, 0.5) is 0 Å². The van der Waals surface area contributed by atoms with Crippen molar-refractivity contribution in [2.45, 2.75) is 38.5 Å². The number of carbonyl (C=O) groups excluding carboxylic acids is 2. The molecule has 1 heterocycles. The molecule has 148 valence electrons. The number of ether oxygens (including phenoxy) is 2. The summed E-state index contributed by atoms with van der Waals surface area (Å²) in [5, 5.41) is 5.73. The molecule has 2 unspecified atom stereocenters. The van der Waals surface area contributed by atoms with Gasteiger partial charge < -0.3 is 20.1 Å². The van der Waals surface area contributed by atoms with E-state index in [9.17, 15) is 9.59 Å². The lowest BCUT2D eigenvalue weighted by molar-refractivity contribution is -0.127. The standard InChI is InChI=1S/C22H26N2O4/c1-16(21(25)24-15-18-10-7-13-27-18)28-20-12-6-5-11-19(20)22(26)23-14-17-8-3-2-4-9-17/h2-6,8-9,11-12,16,18H,7,10,13-15H2,1H3,(H,23,26)(H,24,25). The molecule has 2 aromatic rings. The predicted octanol–water partition coefficient (Wildman–Crippen LogP) is 2.68. The highest BCUT2D eigenvalue weighted by atomic mass is 16.5. The molecule has 0 aromatic heterocycles. The van der Waals surface area contributed by atoms with Gasteiger partial charge in [-0.15, -0.1) is 0 Å². The fourth-order valence-corrected chi connectivity index (χ4v) is 3.04. The molecule has 0 radical (unpaired) electrons. The molecule has 2 amide bonds. The number of hydrogen-bond donors (Lipinski definition) is 2. The molecular formula is C22H26N2O4. The molecule has 1 aliphatic heterocycles. The maximum absolute atomic E-state index is 12.6. The summed E-state index contributed by atoms with van der Waals surface area (Å²) in [6.45, 7) is 3.32. The van der Waals surface area contributed by atoms with Gasteiger partial charge in [0.15, 0.2) is 6.10 Å². The van der Waals surface area contributed by atoms with E-state index in [1.807, 2.05) is 30.3 Å². The van der Waals surface area contributed by atoms with Crippen LogP contribution in [0.1, 0.15) is 35.7 Å². The van der Waals surface area contributed by atoms with E-state index in [-0.39, 0.29) is 17.9 Å². The Bertz CT molecular complexity index is 788. The number of carbonyl (C=O) groups is 2. The topological polar surface area (TPSA) is 76.7 Å². The molecule has 28 heavy (non-hydrogen) atoms. The summed E-state index contributed by atoms with van der Waals surface area (Å²) in [4.78, 5) is 24.9. The van der Waals surface area contributed by atoms with Crippen LogP contribution in [0.15, 0.2) is 54.6 Å². The lowest BCUT2D eigenvalue weighted by Crippen LogP contribution is -2.40. The van der Waals surface area contributed by atoms with E-state index in [1.54, 1.807) is 31.2 Å². The summed E-state index contributed by atoms with van der Waals surface area (Å²) in [5.41, 5.74) is 1.41. The van der Waals surface area contributed by atoms with E-state index in [2.05, 4.69) is 10.6 Å². The van der Waals surface area contributed by atoms with Crippen LogP contribution in [0.5, 0.6) is 5.75 Å². The van der Waals surface area contributed by atoms with Gasteiger partial charge in [-0.05, 0) is 37.5 Å². The zero-order valence-electron chi connectivity index (χ0n) is 16.0. The Morgan fingerprint density at radius 1 is 1.11 bits per heavy atom. The normalized spacial score (nSPS) is 17.0. The van der Waals surface area contributed by atoms with Gasteiger partial charge in [-0.2, -0.15) is 0 Å². The van der Waals surface area contributed by atoms with Gasteiger partial charge in [0.25, 0.3) is 11.8 Å². The Kier molecular flexibility index (Phi) is 7.03. The third kappa shape index (κ3) is 5.57. The maximum Gasteiger partial charge on any atom is 0.260 e. The molecule has 1 aliphatic rings. The minimum absolute atomic E-state index is 0.0761. The summed E-state index contributed by atoms with van der Waals surface area (Å²) in [7, 11) is 0. The average molecular weight is 382 g/mol. The Morgan fingerprint density at radius 2 is 1.86 bits per heavy atom. The molecule has 1 fully saturated rings. The van der Waals surface area contributed by atoms with E-state index in [1.165, 1.54) is 0 Å². The second-order valence-electron chi connectivity index (χ2n) is 6.80. The molecule has 2 N–H and O–H groups in total. The molecular weight excluding hydrogens is 356 g/mol.